The zero-order chi connectivity index (χ0) is 13.3. The highest BCUT2D eigenvalue weighted by atomic mass is 127. The zero-order valence-corrected chi connectivity index (χ0v) is 13.0. The molecule has 0 N–H and O–H groups in total. The summed E-state index contributed by atoms with van der Waals surface area (Å²) in [5.74, 6) is 0.752. The van der Waals surface area contributed by atoms with Gasteiger partial charge in [0.05, 0.1) is 0 Å². The van der Waals surface area contributed by atoms with Gasteiger partial charge in [0.2, 0.25) is 0 Å². The molecular formula is C13H17IN2O2. The Kier molecular flexibility index (Phi) is 3.79. The Morgan fingerprint density at radius 2 is 2.22 bits per heavy atom. The van der Waals surface area contributed by atoms with Crippen LogP contribution in [0, 0.1) is 3.57 Å². The van der Waals surface area contributed by atoms with E-state index < -0.39 is 5.60 Å². The molecule has 1 aromatic heterocycles. The van der Waals surface area contributed by atoms with Crippen LogP contribution in [0.3, 0.4) is 0 Å². The van der Waals surface area contributed by atoms with Crippen LogP contribution in [0.1, 0.15) is 32.8 Å². The number of rotatable bonds is 0. The first-order chi connectivity index (χ1) is 8.38. The Bertz CT molecular complexity index is 469. The quantitative estimate of drug-likeness (QED) is 0.667. The van der Waals surface area contributed by atoms with Crippen molar-refractivity contribution < 1.29 is 9.53 Å². The van der Waals surface area contributed by atoms with Crippen molar-refractivity contribution in [3.8, 4) is 0 Å². The van der Waals surface area contributed by atoms with Crippen LogP contribution in [0.4, 0.5) is 10.6 Å². The summed E-state index contributed by atoms with van der Waals surface area (Å²) in [5.41, 5.74) is 0.673. The number of fused-ring (bicyclic) bond motifs is 1. The molecule has 0 fully saturated rings. The maximum atomic E-state index is 12.1. The average molecular weight is 360 g/mol. The standard InChI is InChI=1S/C13H17IN2O2/c1-13(2,3)18-12(17)16-8-4-5-9-10(14)6-7-15-11(9)16/h6-7H,4-5,8H2,1-3H3. The molecule has 5 heteroatoms. The lowest BCUT2D eigenvalue weighted by molar-refractivity contribution is 0.0576. The molecule has 0 spiro atoms. The normalized spacial score (nSPS) is 15.2. The average Bonchev–Trinajstić information content (AvgIpc) is 2.26. The largest absolute Gasteiger partial charge is 0.443 e. The van der Waals surface area contributed by atoms with Gasteiger partial charge in [-0.25, -0.2) is 9.78 Å². The van der Waals surface area contributed by atoms with Crippen LogP contribution < -0.4 is 4.90 Å². The van der Waals surface area contributed by atoms with Gasteiger partial charge in [-0.3, -0.25) is 4.90 Å². The summed E-state index contributed by atoms with van der Waals surface area (Å²) < 4.78 is 6.58. The van der Waals surface area contributed by atoms with E-state index in [0.717, 1.165) is 27.8 Å². The second-order valence-corrected chi connectivity index (χ2v) is 6.49. The molecule has 0 unspecified atom stereocenters. The molecule has 98 valence electrons. The van der Waals surface area contributed by atoms with E-state index in [-0.39, 0.29) is 6.09 Å². The van der Waals surface area contributed by atoms with Crippen LogP contribution in [-0.4, -0.2) is 23.2 Å². The molecule has 2 heterocycles. The maximum absolute atomic E-state index is 12.1. The molecule has 0 saturated heterocycles. The Hall–Kier alpha value is -0.850. The van der Waals surface area contributed by atoms with Crippen molar-refractivity contribution in [1.29, 1.82) is 0 Å². The van der Waals surface area contributed by atoms with Crippen molar-refractivity contribution in [2.24, 2.45) is 0 Å². The van der Waals surface area contributed by atoms with Crippen LogP contribution in [0.25, 0.3) is 0 Å². The van der Waals surface area contributed by atoms with Gasteiger partial charge in [-0.1, -0.05) is 0 Å². The van der Waals surface area contributed by atoms with Gasteiger partial charge < -0.3 is 4.74 Å². The third-order valence-corrected chi connectivity index (χ3v) is 3.66. The number of hydrogen-bond donors (Lipinski definition) is 0. The Morgan fingerprint density at radius 1 is 1.50 bits per heavy atom. The van der Waals surface area contributed by atoms with Crippen LogP contribution >= 0.6 is 22.6 Å². The number of nitrogens with zero attached hydrogens (tertiary/aromatic N) is 2. The van der Waals surface area contributed by atoms with Gasteiger partial charge in [0.1, 0.15) is 11.4 Å². The molecule has 0 aliphatic carbocycles. The molecule has 18 heavy (non-hydrogen) atoms. The lowest BCUT2D eigenvalue weighted by Crippen LogP contribution is -2.40. The van der Waals surface area contributed by atoms with Crippen molar-refractivity contribution in [3.63, 3.8) is 0 Å². The summed E-state index contributed by atoms with van der Waals surface area (Å²) >= 11 is 2.29. The van der Waals surface area contributed by atoms with Crippen molar-refractivity contribution in [2.45, 2.75) is 39.2 Å². The second kappa shape index (κ2) is 5.03. The van der Waals surface area contributed by atoms with Gasteiger partial charge in [-0.05, 0) is 62.3 Å². The van der Waals surface area contributed by atoms with Crippen LogP contribution in [0.15, 0.2) is 12.3 Å². The highest BCUT2D eigenvalue weighted by Gasteiger charge is 2.28. The fourth-order valence-corrected chi connectivity index (χ4v) is 2.61. The zero-order valence-electron chi connectivity index (χ0n) is 10.9. The Labute approximate surface area is 121 Å². The van der Waals surface area contributed by atoms with E-state index in [1.54, 1.807) is 11.1 Å². The molecule has 0 aromatic carbocycles. The van der Waals surface area contributed by atoms with Gasteiger partial charge in [0.25, 0.3) is 0 Å². The molecular weight excluding hydrogens is 343 g/mol. The van der Waals surface area contributed by atoms with E-state index in [0.29, 0.717) is 6.54 Å². The lowest BCUT2D eigenvalue weighted by Gasteiger charge is -2.31. The van der Waals surface area contributed by atoms with E-state index in [1.165, 1.54) is 0 Å². The summed E-state index contributed by atoms with van der Waals surface area (Å²) in [6.45, 7) is 6.29. The third kappa shape index (κ3) is 2.93. The number of carbonyl (C=O) groups is 1. The van der Waals surface area contributed by atoms with Crippen molar-refractivity contribution in [3.05, 3.63) is 21.4 Å². The number of carbonyl (C=O) groups excluding carboxylic acids is 1. The predicted octanol–water partition coefficient (Wildman–Crippen LogP) is 3.37. The summed E-state index contributed by atoms with van der Waals surface area (Å²) in [6.07, 6.45) is 3.36. The molecule has 1 aromatic rings. The summed E-state index contributed by atoms with van der Waals surface area (Å²) in [7, 11) is 0. The smallest absolute Gasteiger partial charge is 0.416 e. The lowest BCUT2D eigenvalue weighted by atomic mass is 10.1. The molecule has 1 aliphatic rings. The van der Waals surface area contributed by atoms with Crippen LogP contribution in [-0.2, 0) is 11.2 Å². The van der Waals surface area contributed by atoms with Gasteiger partial charge in [0.15, 0.2) is 0 Å². The second-order valence-electron chi connectivity index (χ2n) is 5.33. The fourth-order valence-electron chi connectivity index (χ4n) is 1.94. The number of ether oxygens (including phenoxy) is 1. The van der Waals surface area contributed by atoms with E-state index in [2.05, 4.69) is 27.6 Å². The predicted molar refractivity (Wildman–Crippen MR) is 78.9 cm³/mol. The summed E-state index contributed by atoms with van der Waals surface area (Å²) in [6, 6.07) is 1.97. The highest BCUT2D eigenvalue weighted by molar-refractivity contribution is 14.1. The van der Waals surface area contributed by atoms with Gasteiger partial charge in [0, 0.05) is 21.9 Å². The van der Waals surface area contributed by atoms with E-state index in [4.69, 9.17) is 4.74 Å². The molecule has 0 bridgehead atoms. The van der Waals surface area contributed by atoms with E-state index in [9.17, 15) is 4.79 Å². The monoisotopic (exact) mass is 360 g/mol. The molecule has 4 nitrogen and oxygen atoms in total. The number of hydrogen-bond acceptors (Lipinski definition) is 3. The summed E-state index contributed by atoms with van der Waals surface area (Å²) in [4.78, 5) is 18.1. The van der Waals surface area contributed by atoms with Gasteiger partial charge in [-0.2, -0.15) is 0 Å². The molecule has 1 aliphatic heterocycles. The molecule has 0 saturated carbocycles. The number of amides is 1. The first kappa shape index (κ1) is 13.6. The fraction of sp³-hybridized carbons (Fsp3) is 0.538. The Morgan fingerprint density at radius 3 is 2.89 bits per heavy atom. The molecule has 1 amide bonds. The first-order valence-corrected chi connectivity index (χ1v) is 7.10. The van der Waals surface area contributed by atoms with Crippen molar-refractivity contribution >= 4 is 34.5 Å². The number of halogens is 1. The topological polar surface area (TPSA) is 42.4 Å². The molecule has 2 rings (SSSR count). The Balaban J connectivity index is 2.28. The maximum Gasteiger partial charge on any atom is 0.416 e. The van der Waals surface area contributed by atoms with Gasteiger partial charge in [-0.15, -0.1) is 0 Å². The minimum absolute atomic E-state index is 0.307. The summed E-state index contributed by atoms with van der Waals surface area (Å²) in [5, 5.41) is 0. The minimum Gasteiger partial charge on any atom is -0.443 e. The minimum atomic E-state index is -0.476. The third-order valence-electron chi connectivity index (χ3n) is 2.65. The van der Waals surface area contributed by atoms with E-state index in [1.807, 2.05) is 26.8 Å². The van der Waals surface area contributed by atoms with Crippen molar-refractivity contribution in [2.75, 3.05) is 11.4 Å². The number of aromatic nitrogens is 1. The SMILES string of the molecule is CC(C)(C)OC(=O)N1CCCc2c(I)ccnc21. The molecule has 0 radical (unpaired) electrons. The van der Waals surface area contributed by atoms with Gasteiger partial charge >= 0.3 is 6.09 Å². The van der Waals surface area contributed by atoms with Crippen LogP contribution in [0.5, 0.6) is 0 Å². The molecule has 0 atom stereocenters. The first-order valence-electron chi connectivity index (χ1n) is 6.02. The van der Waals surface area contributed by atoms with Crippen LogP contribution in [0.2, 0.25) is 0 Å². The number of pyridine rings is 1. The van der Waals surface area contributed by atoms with Crippen molar-refractivity contribution in [1.82, 2.24) is 4.98 Å². The highest BCUT2D eigenvalue weighted by Crippen LogP contribution is 2.29. The number of anilines is 1. The van der Waals surface area contributed by atoms with E-state index >= 15 is 0 Å².